The fraction of sp³-hybridized carbons (Fsp3) is 0.750. The zero-order chi connectivity index (χ0) is 11.4. The van der Waals surface area contributed by atoms with Gasteiger partial charge in [0.2, 0.25) is 0 Å². The predicted molar refractivity (Wildman–Crippen MR) is 58.6 cm³/mol. The van der Waals surface area contributed by atoms with Crippen LogP contribution in [0.3, 0.4) is 0 Å². The van der Waals surface area contributed by atoms with Gasteiger partial charge in [-0.1, -0.05) is 5.57 Å². The highest BCUT2D eigenvalue weighted by Crippen LogP contribution is 2.26. The van der Waals surface area contributed by atoms with E-state index in [1.165, 1.54) is 5.57 Å². The van der Waals surface area contributed by atoms with Crippen molar-refractivity contribution in [2.75, 3.05) is 6.61 Å². The van der Waals surface area contributed by atoms with E-state index in [4.69, 9.17) is 9.47 Å². The third-order valence-electron chi connectivity index (χ3n) is 2.64. The number of rotatable bonds is 2. The molecule has 0 N–H and O–H groups in total. The molecule has 86 valence electrons. The van der Waals surface area contributed by atoms with Crippen molar-refractivity contribution in [2.45, 2.75) is 52.7 Å². The second kappa shape index (κ2) is 5.31. The van der Waals surface area contributed by atoms with E-state index in [9.17, 15) is 4.79 Å². The second-order valence-corrected chi connectivity index (χ2v) is 4.11. The zero-order valence-electron chi connectivity index (χ0n) is 10.0. The van der Waals surface area contributed by atoms with E-state index in [1.54, 1.807) is 0 Å². The fourth-order valence-corrected chi connectivity index (χ4v) is 1.96. The third kappa shape index (κ3) is 3.34. The Balaban J connectivity index is 2.74. The molecule has 2 unspecified atom stereocenters. The van der Waals surface area contributed by atoms with Crippen molar-refractivity contribution in [3.8, 4) is 0 Å². The summed E-state index contributed by atoms with van der Waals surface area (Å²) < 4.78 is 10.6. The Hall–Kier alpha value is -0.830. The van der Waals surface area contributed by atoms with Crippen LogP contribution in [0, 0.1) is 0 Å². The summed E-state index contributed by atoms with van der Waals surface area (Å²) in [6, 6.07) is 0. The minimum Gasteiger partial charge on any atom is -0.463 e. The second-order valence-electron chi connectivity index (χ2n) is 4.11. The topological polar surface area (TPSA) is 35.5 Å². The Labute approximate surface area is 91.4 Å². The van der Waals surface area contributed by atoms with Crippen LogP contribution in [-0.4, -0.2) is 24.8 Å². The van der Waals surface area contributed by atoms with Gasteiger partial charge in [-0.05, 0) is 40.5 Å². The Kier molecular flexibility index (Phi) is 4.33. The molecule has 3 nitrogen and oxygen atoms in total. The van der Waals surface area contributed by atoms with Crippen LogP contribution in [0.5, 0.6) is 0 Å². The minimum atomic E-state index is -0.186. The van der Waals surface area contributed by atoms with Crippen molar-refractivity contribution in [1.29, 1.82) is 0 Å². The first-order valence-electron chi connectivity index (χ1n) is 5.55. The third-order valence-corrected chi connectivity index (χ3v) is 2.64. The lowest BCUT2D eigenvalue weighted by molar-refractivity contribution is -0.138. The van der Waals surface area contributed by atoms with Crippen molar-refractivity contribution in [3.63, 3.8) is 0 Å². The quantitative estimate of drug-likeness (QED) is 0.521. The molecule has 0 aromatic rings. The van der Waals surface area contributed by atoms with Gasteiger partial charge in [-0.2, -0.15) is 0 Å². The van der Waals surface area contributed by atoms with Crippen molar-refractivity contribution in [2.24, 2.45) is 0 Å². The van der Waals surface area contributed by atoms with Gasteiger partial charge in [0.05, 0.1) is 18.8 Å². The molecule has 3 heteroatoms. The summed E-state index contributed by atoms with van der Waals surface area (Å²) in [5, 5.41) is 0. The summed E-state index contributed by atoms with van der Waals surface area (Å²) in [6.07, 6.45) is 2.09. The fourth-order valence-electron chi connectivity index (χ4n) is 1.96. The number of carbonyl (C=O) groups excluding carboxylic acids is 1. The van der Waals surface area contributed by atoms with Crippen molar-refractivity contribution in [1.82, 2.24) is 0 Å². The number of hydrogen-bond acceptors (Lipinski definition) is 3. The van der Waals surface area contributed by atoms with Crippen molar-refractivity contribution in [3.05, 3.63) is 11.1 Å². The normalized spacial score (nSPS) is 26.3. The van der Waals surface area contributed by atoms with Crippen LogP contribution in [0.15, 0.2) is 11.1 Å². The van der Waals surface area contributed by atoms with Crippen LogP contribution >= 0.6 is 0 Å². The van der Waals surface area contributed by atoms with Crippen LogP contribution in [0.4, 0.5) is 0 Å². The SMILES string of the molecule is CCOC(=O)C(C)=C1CC(C)OC(C)C1. The first-order valence-corrected chi connectivity index (χ1v) is 5.55. The highest BCUT2D eigenvalue weighted by Gasteiger charge is 2.23. The molecule has 2 atom stereocenters. The van der Waals surface area contributed by atoms with Crippen LogP contribution < -0.4 is 0 Å². The molecule has 0 bridgehead atoms. The molecule has 15 heavy (non-hydrogen) atoms. The van der Waals surface area contributed by atoms with E-state index in [-0.39, 0.29) is 18.2 Å². The summed E-state index contributed by atoms with van der Waals surface area (Å²) in [7, 11) is 0. The smallest absolute Gasteiger partial charge is 0.333 e. The van der Waals surface area contributed by atoms with E-state index in [2.05, 4.69) is 0 Å². The Morgan fingerprint density at radius 1 is 1.40 bits per heavy atom. The Morgan fingerprint density at radius 3 is 2.40 bits per heavy atom. The summed E-state index contributed by atoms with van der Waals surface area (Å²) in [5.41, 5.74) is 1.94. The molecule has 0 amide bonds. The maximum Gasteiger partial charge on any atom is 0.333 e. The van der Waals surface area contributed by atoms with Crippen molar-refractivity contribution < 1.29 is 14.3 Å². The first kappa shape index (κ1) is 12.2. The van der Waals surface area contributed by atoms with E-state index < -0.39 is 0 Å². The van der Waals surface area contributed by atoms with E-state index in [0.29, 0.717) is 6.61 Å². The average Bonchev–Trinajstić information content (AvgIpc) is 2.15. The first-order chi connectivity index (χ1) is 7.04. The highest BCUT2D eigenvalue weighted by atomic mass is 16.5. The van der Waals surface area contributed by atoms with Gasteiger partial charge in [0, 0.05) is 5.57 Å². The molecular formula is C12H20O3. The molecule has 1 rings (SSSR count). The summed E-state index contributed by atoms with van der Waals surface area (Å²) >= 11 is 0. The zero-order valence-corrected chi connectivity index (χ0v) is 10.0. The van der Waals surface area contributed by atoms with Gasteiger partial charge in [0.15, 0.2) is 0 Å². The molecule has 0 aromatic carbocycles. The van der Waals surface area contributed by atoms with Crippen molar-refractivity contribution >= 4 is 5.97 Å². The van der Waals surface area contributed by atoms with Gasteiger partial charge in [-0.15, -0.1) is 0 Å². The lowest BCUT2D eigenvalue weighted by Gasteiger charge is -2.28. The van der Waals surface area contributed by atoms with Crippen LogP contribution in [0.2, 0.25) is 0 Å². The largest absolute Gasteiger partial charge is 0.463 e. The molecule has 0 spiro atoms. The van der Waals surface area contributed by atoms with Gasteiger partial charge in [0.1, 0.15) is 0 Å². The maximum absolute atomic E-state index is 11.5. The molecule has 1 aliphatic rings. The highest BCUT2D eigenvalue weighted by molar-refractivity contribution is 5.88. The molecule has 0 aromatic heterocycles. The molecular weight excluding hydrogens is 192 g/mol. The standard InChI is InChI=1S/C12H20O3/c1-5-14-12(13)10(4)11-6-8(2)15-9(3)7-11/h8-9H,5-7H2,1-4H3. The molecule has 0 aliphatic carbocycles. The number of esters is 1. The van der Waals surface area contributed by atoms with Gasteiger partial charge in [0.25, 0.3) is 0 Å². The molecule has 1 fully saturated rings. The number of ether oxygens (including phenoxy) is 2. The van der Waals surface area contributed by atoms with E-state index in [1.807, 2.05) is 27.7 Å². The predicted octanol–water partition coefficient (Wildman–Crippen LogP) is 2.45. The number of carbonyl (C=O) groups is 1. The lowest BCUT2D eigenvalue weighted by atomic mass is 9.95. The molecule has 0 radical (unpaired) electrons. The average molecular weight is 212 g/mol. The van der Waals surface area contributed by atoms with Crippen LogP contribution in [0.25, 0.3) is 0 Å². The Morgan fingerprint density at radius 2 is 1.93 bits per heavy atom. The summed E-state index contributed by atoms with van der Waals surface area (Å²) in [5.74, 6) is -0.186. The molecule has 0 saturated carbocycles. The maximum atomic E-state index is 11.5. The summed E-state index contributed by atoms with van der Waals surface area (Å²) in [4.78, 5) is 11.5. The van der Waals surface area contributed by atoms with E-state index in [0.717, 1.165) is 18.4 Å². The molecule has 1 aliphatic heterocycles. The monoisotopic (exact) mass is 212 g/mol. The molecule has 1 saturated heterocycles. The van der Waals surface area contributed by atoms with Crippen LogP contribution in [0.1, 0.15) is 40.5 Å². The van der Waals surface area contributed by atoms with E-state index >= 15 is 0 Å². The van der Waals surface area contributed by atoms with Crippen LogP contribution in [-0.2, 0) is 14.3 Å². The van der Waals surface area contributed by atoms with Gasteiger partial charge in [-0.25, -0.2) is 4.79 Å². The lowest BCUT2D eigenvalue weighted by Crippen LogP contribution is -2.26. The van der Waals surface area contributed by atoms with Gasteiger partial charge in [-0.3, -0.25) is 0 Å². The summed E-state index contributed by atoms with van der Waals surface area (Å²) in [6.45, 7) is 8.18. The molecule has 1 heterocycles. The van der Waals surface area contributed by atoms with Gasteiger partial charge >= 0.3 is 5.97 Å². The van der Waals surface area contributed by atoms with Gasteiger partial charge < -0.3 is 9.47 Å². The Bertz CT molecular complexity index is 256. The minimum absolute atomic E-state index is 0.186. The number of hydrogen-bond donors (Lipinski definition) is 0.